The van der Waals surface area contributed by atoms with Gasteiger partial charge in [0, 0.05) is 25.6 Å². The average Bonchev–Trinajstić information content (AvgIpc) is 2.84. The van der Waals surface area contributed by atoms with Gasteiger partial charge in [-0.25, -0.2) is 0 Å². The molecule has 24 heavy (non-hydrogen) atoms. The molecule has 1 fully saturated rings. The topological polar surface area (TPSA) is 59.0 Å². The monoisotopic (exact) mass is 327 g/mol. The maximum Gasteiger partial charge on any atom is 0.308 e. The molecule has 0 aromatic heterocycles. The minimum Gasteiger partial charge on any atom is -0.482 e. The number of allylic oxidation sites excluding steroid dienone is 1. The summed E-state index contributed by atoms with van der Waals surface area (Å²) in [7, 11) is 2.14. The molecule has 0 saturated carbocycles. The molecule has 0 radical (unpaired) electrons. The van der Waals surface area contributed by atoms with E-state index < -0.39 is 6.10 Å². The Morgan fingerprint density at radius 3 is 3.04 bits per heavy atom. The van der Waals surface area contributed by atoms with Crippen LogP contribution in [0.4, 0.5) is 0 Å². The van der Waals surface area contributed by atoms with Crippen molar-refractivity contribution in [3.8, 4) is 11.5 Å². The van der Waals surface area contributed by atoms with Gasteiger partial charge in [0.05, 0.1) is 5.41 Å². The van der Waals surface area contributed by atoms with E-state index in [1.165, 1.54) is 12.5 Å². The average molecular weight is 327 g/mol. The van der Waals surface area contributed by atoms with Crippen LogP contribution in [0, 0.1) is 11.8 Å². The van der Waals surface area contributed by atoms with E-state index in [4.69, 9.17) is 9.47 Å². The van der Waals surface area contributed by atoms with Crippen LogP contribution in [0.5, 0.6) is 11.5 Å². The summed E-state index contributed by atoms with van der Waals surface area (Å²) >= 11 is 0. The SMILES string of the molecule is CC(=O)Oc1ccc2c3c1OC1C(O)C=CC4C(C2)CN(C)CC341. The van der Waals surface area contributed by atoms with E-state index >= 15 is 0 Å². The highest BCUT2D eigenvalue weighted by Gasteiger charge is 2.64. The fraction of sp³-hybridized carbons (Fsp3) is 0.526. The second-order valence-electron chi connectivity index (χ2n) is 7.66. The first kappa shape index (κ1) is 14.5. The van der Waals surface area contributed by atoms with Crippen LogP contribution in [0.15, 0.2) is 24.3 Å². The third-order valence-electron chi connectivity index (χ3n) is 6.17. The zero-order chi connectivity index (χ0) is 16.6. The van der Waals surface area contributed by atoms with E-state index in [0.717, 1.165) is 25.1 Å². The Balaban J connectivity index is 1.77. The second kappa shape index (κ2) is 4.61. The van der Waals surface area contributed by atoms with E-state index in [0.29, 0.717) is 23.3 Å². The Kier molecular flexibility index (Phi) is 2.78. The van der Waals surface area contributed by atoms with Gasteiger partial charge in [0.15, 0.2) is 11.5 Å². The molecule has 5 atom stereocenters. The molecule has 2 heterocycles. The summed E-state index contributed by atoms with van der Waals surface area (Å²) in [5, 5.41) is 10.6. The largest absolute Gasteiger partial charge is 0.482 e. The molecule has 1 spiro atoms. The number of aliphatic hydroxyl groups is 1. The van der Waals surface area contributed by atoms with Crippen molar-refractivity contribution < 1.29 is 19.4 Å². The summed E-state index contributed by atoms with van der Waals surface area (Å²) in [4.78, 5) is 13.8. The van der Waals surface area contributed by atoms with Gasteiger partial charge in [-0.3, -0.25) is 4.79 Å². The second-order valence-corrected chi connectivity index (χ2v) is 7.66. The molecule has 2 aliphatic carbocycles. The van der Waals surface area contributed by atoms with Gasteiger partial charge in [0.1, 0.15) is 12.2 Å². The number of hydrogen-bond acceptors (Lipinski definition) is 5. The number of likely N-dealkylation sites (tertiary alicyclic amines) is 1. The van der Waals surface area contributed by atoms with Gasteiger partial charge in [-0.2, -0.15) is 0 Å². The molecule has 5 nitrogen and oxygen atoms in total. The maximum absolute atomic E-state index is 11.5. The normalized spacial score (nSPS) is 38.5. The number of esters is 1. The van der Waals surface area contributed by atoms with Crippen LogP contribution < -0.4 is 9.47 Å². The summed E-state index contributed by atoms with van der Waals surface area (Å²) in [5.41, 5.74) is 2.19. The van der Waals surface area contributed by atoms with Crippen molar-refractivity contribution in [2.24, 2.45) is 11.8 Å². The van der Waals surface area contributed by atoms with Crippen LogP contribution in [-0.4, -0.2) is 48.3 Å². The fourth-order valence-electron chi connectivity index (χ4n) is 5.60. The number of aliphatic hydroxyl groups excluding tert-OH is 1. The Morgan fingerprint density at radius 1 is 1.42 bits per heavy atom. The molecule has 5 unspecified atom stereocenters. The van der Waals surface area contributed by atoms with Gasteiger partial charge in [0.25, 0.3) is 0 Å². The van der Waals surface area contributed by atoms with Crippen molar-refractivity contribution in [1.29, 1.82) is 0 Å². The number of ether oxygens (including phenoxy) is 2. The summed E-state index contributed by atoms with van der Waals surface area (Å²) in [6, 6.07) is 3.91. The van der Waals surface area contributed by atoms with Gasteiger partial charge < -0.3 is 19.5 Å². The Labute approximate surface area is 140 Å². The number of hydrogen-bond donors (Lipinski definition) is 1. The van der Waals surface area contributed by atoms with Crippen molar-refractivity contribution in [3.63, 3.8) is 0 Å². The third-order valence-corrected chi connectivity index (χ3v) is 6.17. The van der Waals surface area contributed by atoms with Crippen molar-refractivity contribution in [3.05, 3.63) is 35.4 Å². The number of likely N-dealkylation sites (N-methyl/N-ethyl adjacent to an activating group) is 1. The highest BCUT2D eigenvalue weighted by atomic mass is 16.6. The molecule has 1 aromatic rings. The first-order chi connectivity index (χ1) is 11.5. The number of carbonyl (C=O) groups is 1. The van der Waals surface area contributed by atoms with Crippen molar-refractivity contribution in [2.45, 2.75) is 31.0 Å². The molecule has 5 rings (SSSR count). The molecule has 1 N–H and O–H groups in total. The van der Waals surface area contributed by atoms with Gasteiger partial charge in [-0.05, 0) is 36.9 Å². The van der Waals surface area contributed by atoms with Crippen LogP contribution in [-0.2, 0) is 16.6 Å². The molecule has 126 valence electrons. The molecule has 2 aliphatic heterocycles. The predicted octanol–water partition coefficient (Wildman–Crippen LogP) is 1.28. The van der Waals surface area contributed by atoms with Crippen molar-refractivity contribution in [1.82, 2.24) is 4.90 Å². The molecule has 5 heteroatoms. The van der Waals surface area contributed by atoms with Gasteiger partial charge in [-0.15, -0.1) is 0 Å². The highest BCUT2D eigenvalue weighted by Crippen LogP contribution is 2.61. The molecule has 4 aliphatic rings. The summed E-state index contributed by atoms with van der Waals surface area (Å²) in [6.07, 6.45) is 4.11. The molecular formula is C19H21NO4. The van der Waals surface area contributed by atoms with Gasteiger partial charge >= 0.3 is 5.97 Å². The number of piperidine rings is 1. The molecule has 1 saturated heterocycles. The molecule has 0 amide bonds. The standard InChI is InChI=1S/C19H21NO4/c1-10(21)23-15-6-3-11-7-12-8-20(2)9-19-13(12)4-5-14(22)18(19)24-17(15)16(11)19/h3-6,12-14,18,22H,7-9H2,1-2H3. The van der Waals surface area contributed by atoms with E-state index in [-0.39, 0.29) is 17.5 Å². The number of rotatable bonds is 1. The van der Waals surface area contributed by atoms with Crippen LogP contribution in [0.1, 0.15) is 18.1 Å². The van der Waals surface area contributed by atoms with Crippen LogP contribution >= 0.6 is 0 Å². The first-order valence-electron chi connectivity index (χ1n) is 8.57. The summed E-state index contributed by atoms with van der Waals surface area (Å²) in [5.74, 6) is 1.67. The van der Waals surface area contributed by atoms with E-state index in [2.05, 4.69) is 24.1 Å². The smallest absolute Gasteiger partial charge is 0.308 e. The maximum atomic E-state index is 11.5. The fourth-order valence-corrected chi connectivity index (χ4v) is 5.60. The van der Waals surface area contributed by atoms with E-state index in [1.807, 2.05) is 12.1 Å². The minimum atomic E-state index is -0.642. The summed E-state index contributed by atoms with van der Waals surface area (Å²) < 4.78 is 11.7. The molecule has 2 bridgehead atoms. The van der Waals surface area contributed by atoms with Crippen molar-refractivity contribution in [2.75, 3.05) is 20.1 Å². The number of nitrogens with zero attached hydrogens (tertiary/aromatic N) is 1. The Morgan fingerprint density at radius 2 is 2.25 bits per heavy atom. The highest BCUT2D eigenvalue weighted by molar-refractivity contribution is 5.72. The lowest BCUT2D eigenvalue weighted by Gasteiger charge is -2.55. The van der Waals surface area contributed by atoms with Crippen LogP contribution in [0.2, 0.25) is 0 Å². The predicted molar refractivity (Wildman–Crippen MR) is 87.2 cm³/mol. The lowest BCUT2D eigenvalue weighted by Crippen LogP contribution is -2.65. The number of carbonyl (C=O) groups excluding carboxylic acids is 1. The Hall–Kier alpha value is -1.85. The first-order valence-corrected chi connectivity index (χ1v) is 8.57. The number of benzene rings is 1. The lowest BCUT2D eigenvalue weighted by molar-refractivity contribution is -0.132. The quantitative estimate of drug-likeness (QED) is 0.478. The van der Waals surface area contributed by atoms with E-state index in [1.54, 1.807) is 0 Å². The Bertz CT molecular complexity index is 773. The zero-order valence-electron chi connectivity index (χ0n) is 13.9. The molecule has 1 aromatic carbocycles. The van der Waals surface area contributed by atoms with Crippen molar-refractivity contribution >= 4 is 5.97 Å². The van der Waals surface area contributed by atoms with Gasteiger partial charge in [0.2, 0.25) is 0 Å². The van der Waals surface area contributed by atoms with Gasteiger partial charge in [-0.1, -0.05) is 18.2 Å². The third kappa shape index (κ3) is 1.64. The lowest BCUT2D eigenvalue weighted by atomic mass is 9.53. The molecular weight excluding hydrogens is 306 g/mol. The van der Waals surface area contributed by atoms with E-state index in [9.17, 15) is 9.90 Å². The zero-order valence-corrected chi connectivity index (χ0v) is 13.9. The minimum absolute atomic E-state index is 0.245. The van der Waals surface area contributed by atoms with Crippen LogP contribution in [0.3, 0.4) is 0 Å². The summed E-state index contributed by atoms with van der Waals surface area (Å²) in [6.45, 7) is 3.31. The van der Waals surface area contributed by atoms with Crippen LogP contribution in [0.25, 0.3) is 0 Å².